The van der Waals surface area contributed by atoms with Crippen molar-refractivity contribution in [1.29, 1.82) is 0 Å². The normalized spacial score (nSPS) is 10.4. The van der Waals surface area contributed by atoms with Gasteiger partial charge in [-0.1, -0.05) is 36.3 Å². The van der Waals surface area contributed by atoms with E-state index in [1.165, 1.54) is 0 Å². The van der Waals surface area contributed by atoms with Crippen LogP contribution < -0.4 is 22.3 Å². The Hall–Kier alpha value is -3.79. The van der Waals surface area contributed by atoms with Gasteiger partial charge in [-0.15, -0.1) is 6.42 Å². The minimum Gasteiger partial charge on any atom is -0.383 e. The highest BCUT2D eigenvalue weighted by molar-refractivity contribution is 6.07. The Balaban J connectivity index is 2.00. The number of carbonyl (C=O) groups is 1. The second-order valence-electron chi connectivity index (χ2n) is 5.33. The van der Waals surface area contributed by atoms with Gasteiger partial charge in [0.2, 0.25) is 0 Å². The average Bonchev–Trinajstić information content (AvgIpc) is 2.61. The number of nitrogens with one attached hydrogen (secondary N) is 2. The van der Waals surface area contributed by atoms with Crippen LogP contribution in [0, 0.1) is 12.3 Å². The second-order valence-corrected chi connectivity index (χ2v) is 5.33. The predicted molar refractivity (Wildman–Crippen MR) is 96.5 cm³/mol. The largest absolute Gasteiger partial charge is 0.383 e. The molecular weight excluding hydrogens is 320 g/mol. The number of hydrogen-bond donors (Lipinski definition) is 3. The highest BCUT2D eigenvalue weighted by Crippen LogP contribution is 2.17. The lowest BCUT2D eigenvalue weighted by atomic mass is 10.1. The molecule has 0 bridgehead atoms. The minimum atomic E-state index is -0.756. The van der Waals surface area contributed by atoms with Crippen LogP contribution in [0.5, 0.6) is 0 Å². The molecule has 0 radical (unpaired) electrons. The van der Waals surface area contributed by atoms with Gasteiger partial charge in [-0.3, -0.25) is 14.6 Å². The number of amides is 1. The zero-order valence-electron chi connectivity index (χ0n) is 13.1. The van der Waals surface area contributed by atoms with Gasteiger partial charge in [-0.25, -0.2) is 9.36 Å². The van der Waals surface area contributed by atoms with E-state index in [2.05, 4.69) is 16.2 Å². The standard InChI is InChI=1S/C18H14N4O3/c1-2-9-22-17(24)14(15(19)21-18(22)25)20-16(23)13-8-7-11-5-3-4-6-12(11)10-13/h1,3-8,10H,9,19H2,(H,20,23)(H,21,25). The minimum absolute atomic E-state index is 0.215. The quantitative estimate of drug-likeness (QED) is 0.624. The number of nitrogens with zero attached hydrogens (tertiary/aromatic N) is 1. The third-order valence-electron chi connectivity index (χ3n) is 3.71. The summed E-state index contributed by atoms with van der Waals surface area (Å²) in [5, 5.41) is 4.32. The average molecular weight is 334 g/mol. The fourth-order valence-corrected chi connectivity index (χ4v) is 2.46. The highest BCUT2D eigenvalue weighted by atomic mass is 16.2. The monoisotopic (exact) mass is 334 g/mol. The van der Waals surface area contributed by atoms with E-state index in [4.69, 9.17) is 12.2 Å². The molecule has 0 aliphatic rings. The van der Waals surface area contributed by atoms with E-state index in [1.54, 1.807) is 18.2 Å². The van der Waals surface area contributed by atoms with Crippen molar-refractivity contribution < 1.29 is 4.79 Å². The van der Waals surface area contributed by atoms with Crippen molar-refractivity contribution in [3.63, 3.8) is 0 Å². The van der Waals surface area contributed by atoms with Gasteiger partial charge in [0.05, 0.1) is 6.54 Å². The van der Waals surface area contributed by atoms with Gasteiger partial charge < -0.3 is 11.1 Å². The lowest BCUT2D eigenvalue weighted by molar-refractivity contribution is 0.102. The molecule has 3 aromatic rings. The van der Waals surface area contributed by atoms with E-state index in [1.807, 2.05) is 24.3 Å². The summed E-state index contributed by atoms with van der Waals surface area (Å²) in [6.07, 6.45) is 5.15. The van der Waals surface area contributed by atoms with Gasteiger partial charge >= 0.3 is 5.69 Å². The highest BCUT2D eigenvalue weighted by Gasteiger charge is 2.15. The van der Waals surface area contributed by atoms with Crippen molar-refractivity contribution in [1.82, 2.24) is 9.55 Å². The molecule has 0 atom stereocenters. The molecule has 4 N–H and O–H groups in total. The van der Waals surface area contributed by atoms with Gasteiger partial charge in [-0.2, -0.15) is 0 Å². The molecule has 25 heavy (non-hydrogen) atoms. The number of carbonyl (C=O) groups excluding carboxylic acids is 1. The van der Waals surface area contributed by atoms with E-state index < -0.39 is 17.2 Å². The Morgan fingerprint density at radius 1 is 1.20 bits per heavy atom. The predicted octanol–water partition coefficient (Wildman–Crippen LogP) is 1.16. The number of H-pyrrole nitrogens is 1. The maximum absolute atomic E-state index is 12.5. The number of anilines is 2. The number of rotatable bonds is 3. The zero-order valence-corrected chi connectivity index (χ0v) is 13.1. The number of nitrogen functional groups attached to an aromatic ring is 1. The summed E-state index contributed by atoms with van der Waals surface area (Å²) in [6.45, 7) is -0.229. The van der Waals surface area contributed by atoms with E-state index >= 15 is 0 Å². The zero-order chi connectivity index (χ0) is 18.0. The fraction of sp³-hybridized carbons (Fsp3) is 0.0556. The molecule has 0 saturated carbocycles. The van der Waals surface area contributed by atoms with Crippen molar-refractivity contribution >= 4 is 28.2 Å². The Morgan fingerprint density at radius 2 is 1.92 bits per heavy atom. The first-order chi connectivity index (χ1) is 12.0. The van der Waals surface area contributed by atoms with Crippen LogP contribution in [0.4, 0.5) is 11.5 Å². The SMILES string of the molecule is C#CCn1c(=O)[nH]c(N)c(NC(=O)c2ccc3ccccc3c2)c1=O. The molecule has 7 heteroatoms. The number of fused-ring (bicyclic) bond motifs is 1. The second kappa shape index (κ2) is 6.37. The fourth-order valence-electron chi connectivity index (χ4n) is 2.46. The molecule has 2 aromatic carbocycles. The van der Waals surface area contributed by atoms with Crippen LogP contribution >= 0.6 is 0 Å². The molecule has 1 amide bonds. The first-order valence-electron chi connectivity index (χ1n) is 7.37. The summed E-state index contributed by atoms with van der Waals surface area (Å²) in [5.41, 5.74) is 4.32. The number of aromatic amines is 1. The first kappa shape index (κ1) is 16.1. The van der Waals surface area contributed by atoms with Gasteiger partial charge in [0.25, 0.3) is 11.5 Å². The molecule has 0 aliphatic carbocycles. The van der Waals surface area contributed by atoms with Crippen molar-refractivity contribution in [2.75, 3.05) is 11.1 Å². The van der Waals surface area contributed by atoms with Crippen molar-refractivity contribution in [2.45, 2.75) is 6.54 Å². The summed E-state index contributed by atoms with van der Waals surface area (Å²) in [4.78, 5) is 38.8. The van der Waals surface area contributed by atoms with Crippen LogP contribution in [-0.2, 0) is 6.54 Å². The van der Waals surface area contributed by atoms with Crippen LogP contribution in [0.25, 0.3) is 10.8 Å². The summed E-state index contributed by atoms with van der Waals surface area (Å²) < 4.78 is 0.784. The Labute approximate surface area is 142 Å². The first-order valence-corrected chi connectivity index (χ1v) is 7.37. The van der Waals surface area contributed by atoms with Gasteiger partial charge in [-0.05, 0) is 22.9 Å². The third kappa shape index (κ3) is 3.01. The van der Waals surface area contributed by atoms with Crippen LogP contribution in [0.1, 0.15) is 10.4 Å². The molecule has 3 rings (SSSR count). The number of benzene rings is 2. The molecule has 1 heterocycles. The van der Waals surface area contributed by atoms with Crippen LogP contribution in [0.15, 0.2) is 52.1 Å². The van der Waals surface area contributed by atoms with E-state index in [0.717, 1.165) is 15.3 Å². The van der Waals surface area contributed by atoms with Gasteiger partial charge in [0, 0.05) is 5.56 Å². The van der Waals surface area contributed by atoms with Crippen molar-refractivity contribution in [3.8, 4) is 12.3 Å². The Kier molecular flexibility index (Phi) is 4.10. The summed E-state index contributed by atoms with van der Waals surface area (Å²) >= 11 is 0. The number of hydrogen-bond acceptors (Lipinski definition) is 4. The molecule has 0 fully saturated rings. The van der Waals surface area contributed by atoms with E-state index in [9.17, 15) is 14.4 Å². The Morgan fingerprint density at radius 3 is 2.64 bits per heavy atom. The van der Waals surface area contributed by atoms with E-state index in [-0.39, 0.29) is 18.1 Å². The van der Waals surface area contributed by atoms with Crippen LogP contribution in [-0.4, -0.2) is 15.5 Å². The molecule has 0 spiro atoms. The van der Waals surface area contributed by atoms with Crippen molar-refractivity contribution in [3.05, 3.63) is 68.9 Å². The molecule has 7 nitrogen and oxygen atoms in total. The van der Waals surface area contributed by atoms with Crippen LogP contribution in [0.3, 0.4) is 0 Å². The molecule has 0 unspecified atom stereocenters. The van der Waals surface area contributed by atoms with E-state index in [0.29, 0.717) is 5.56 Å². The lowest BCUT2D eigenvalue weighted by Gasteiger charge is -2.10. The molecule has 124 valence electrons. The third-order valence-corrected chi connectivity index (χ3v) is 3.71. The molecule has 0 aliphatic heterocycles. The summed E-state index contributed by atoms with van der Waals surface area (Å²) in [5.74, 6) is 1.46. The van der Waals surface area contributed by atoms with Crippen molar-refractivity contribution in [2.24, 2.45) is 0 Å². The molecular formula is C18H14N4O3. The molecule has 0 saturated heterocycles. The number of nitrogens with two attached hydrogens (primary N) is 1. The number of terminal acetylenes is 1. The van der Waals surface area contributed by atoms with Crippen LogP contribution in [0.2, 0.25) is 0 Å². The summed E-state index contributed by atoms with van der Waals surface area (Å²) in [6, 6.07) is 12.7. The van der Waals surface area contributed by atoms with Gasteiger partial charge in [0.15, 0.2) is 0 Å². The lowest BCUT2D eigenvalue weighted by Crippen LogP contribution is -2.38. The Bertz CT molecular complexity index is 1140. The topological polar surface area (TPSA) is 110 Å². The maximum atomic E-state index is 12.5. The summed E-state index contributed by atoms with van der Waals surface area (Å²) in [7, 11) is 0. The maximum Gasteiger partial charge on any atom is 0.330 e. The molecule has 1 aromatic heterocycles. The number of aromatic nitrogens is 2. The van der Waals surface area contributed by atoms with Gasteiger partial charge in [0.1, 0.15) is 11.5 Å². The smallest absolute Gasteiger partial charge is 0.330 e.